The number of nitrogens with zero attached hydrogens (tertiary/aromatic N) is 1. The van der Waals surface area contributed by atoms with Gasteiger partial charge in [-0.15, -0.1) is 11.8 Å². The first-order chi connectivity index (χ1) is 17.5. The maximum atomic E-state index is 12.8. The topological polar surface area (TPSA) is 173 Å². The number of nitrogens with one attached hydrogen (secondary N) is 1. The van der Waals surface area contributed by atoms with Gasteiger partial charge in [-0.25, -0.2) is 8.42 Å². The van der Waals surface area contributed by atoms with Gasteiger partial charge in [0.1, 0.15) is 11.9 Å². The number of thioether (sulfide) groups is 1. The highest BCUT2D eigenvalue weighted by Crippen LogP contribution is 2.30. The third kappa shape index (κ3) is 7.52. The van der Waals surface area contributed by atoms with Crippen molar-refractivity contribution in [1.29, 1.82) is 0 Å². The average Bonchev–Trinajstić information content (AvgIpc) is 3.32. The van der Waals surface area contributed by atoms with Crippen molar-refractivity contribution in [2.24, 2.45) is 11.5 Å². The van der Waals surface area contributed by atoms with Gasteiger partial charge in [0.15, 0.2) is 9.84 Å². The molecule has 196 valence electrons. The molecule has 2 aliphatic rings. The zero-order chi connectivity index (χ0) is 27.2. The van der Waals surface area contributed by atoms with Crippen LogP contribution in [0.2, 0.25) is 0 Å². The van der Waals surface area contributed by atoms with Crippen molar-refractivity contribution in [3.8, 4) is 0 Å². The number of benzene rings is 2. The maximum absolute atomic E-state index is 12.8. The van der Waals surface area contributed by atoms with E-state index in [0.29, 0.717) is 5.25 Å². The summed E-state index contributed by atoms with van der Waals surface area (Å²) in [6.45, 7) is -0.359. The molecular formula is C25H28N4O6S2. The highest BCUT2D eigenvalue weighted by atomic mass is 32.2. The highest BCUT2D eigenvalue weighted by Gasteiger charge is 2.34. The average molecular weight is 545 g/mol. The number of rotatable bonds is 7. The van der Waals surface area contributed by atoms with Crippen molar-refractivity contribution in [1.82, 2.24) is 5.32 Å². The largest absolute Gasteiger partial charge is 0.480 e. The minimum absolute atomic E-state index is 0.00361. The Morgan fingerprint density at radius 3 is 2.41 bits per heavy atom. The number of sulfone groups is 1. The molecule has 6 N–H and O–H groups in total. The molecule has 1 aliphatic carbocycles. The van der Waals surface area contributed by atoms with Gasteiger partial charge in [0.05, 0.1) is 4.90 Å². The molecule has 1 aliphatic heterocycles. The fraction of sp³-hybridized carbons (Fsp3) is 0.240. The molecule has 0 aromatic heterocycles. The summed E-state index contributed by atoms with van der Waals surface area (Å²) < 4.78 is 23.4. The Morgan fingerprint density at radius 2 is 1.78 bits per heavy atom. The minimum atomic E-state index is -3.49. The van der Waals surface area contributed by atoms with Crippen molar-refractivity contribution >= 4 is 45.1 Å². The second-order valence-electron chi connectivity index (χ2n) is 8.30. The Bertz CT molecular complexity index is 1320. The molecule has 1 fully saturated rings. The molecule has 4 rings (SSSR count). The lowest BCUT2D eigenvalue weighted by Gasteiger charge is -2.21. The van der Waals surface area contributed by atoms with Crippen LogP contribution in [0.4, 0.5) is 5.69 Å². The number of carboxylic acid groups (broad SMARTS) is 1. The monoisotopic (exact) mass is 544 g/mol. The number of aliphatic carboxylic acids is 1. The van der Waals surface area contributed by atoms with E-state index in [4.69, 9.17) is 16.6 Å². The molecule has 3 atom stereocenters. The third-order valence-electron chi connectivity index (χ3n) is 5.49. The number of hydrogen-bond acceptors (Lipinski definition) is 8. The number of carbonyl (C=O) groups is 3. The number of amides is 2. The number of allylic oxidation sites excluding steroid dienone is 2. The highest BCUT2D eigenvalue weighted by molar-refractivity contribution is 8.01. The van der Waals surface area contributed by atoms with Crippen LogP contribution in [0.5, 0.6) is 0 Å². The van der Waals surface area contributed by atoms with E-state index in [9.17, 15) is 22.8 Å². The predicted molar refractivity (Wildman–Crippen MR) is 143 cm³/mol. The van der Waals surface area contributed by atoms with E-state index in [1.165, 1.54) is 24.3 Å². The van der Waals surface area contributed by atoms with Gasteiger partial charge in [-0.2, -0.15) is 0 Å². The summed E-state index contributed by atoms with van der Waals surface area (Å²) in [4.78, 5) is 35.8. The lowest BCUT2D eigenvalue weighted by molar-refractivity contribution is -0.135. The van der Waals surface area contributed by atoms with E-state index >= 15 is 0 Å². The van der Waals surface area contributed by atoms with E-state index in [-0.39, 0.29) is 40.0 Å². The fourth-order valence-corrected chi connectivity index (χ4v) is 5.54. The Labute approximate surface area is 219 Å². The molecule has 2 amide bonds. The first-order valence-electron chi connectivity index (χ1n) is 11.2. The van der Waals surface area contributed by atoms with Crippen LogP contribution in [-0.2, 0) is 26.0 Å². The molecule has 1 heterocycles. The van der Waals surface area contributed by atoms with Crippen LogP contribution in [-0.4, -0.2) is 60.8 Å². The van der Waals surface area contributed by atoms with Gasteiger partial charge in [0.25, 0.3) is 5.91 Å². The molecule has 0 saturated carbocycles. The Balaban J connectivity index is 0.000000262. The van der Waals surface area contributed by atoms with Crippen molar-refractivity contribution in [3.05, 3.63) is 84.0 Å². The molecule has 12 heteroatoms. The number of fused-ring (bicyclic) bond motifs is 1. The van der Waals surface area contributed by atoms with Crippen LogP contribution in [0, 0.1) is 0 Å². The fourth-order valence-electron chi connectivity index (χ4n) is 3.67. The summed E-state index contributed by atoms with van der Waals surface area (Å²) in [6, 6.07) is 12.4. The molecule has 0 bridgehead atoms. The van der Waals surface area contributed by atoms with Crippen molar-refractivity contribution < 1.29 is 27.9 Å². The number of primary amides is 1. The van der Waals surface area contributed by atoms with Gasteiger partial charge in [0.2, 0.25) is 5.91 Å². The van der Waals surface area contributed by atoms with Gasteiger partial charge in [-0.1, -0.05) is 42.5 Å². The molecule has 0 radical (unpaired) electrons. The minimum Gasteiger partial charge on any atom is -0.480 e. The second-order valence-corrected chi connectivity index (χ2v) is 11.6. The SMILES string of the molecule is CS(=O)(=O)c1cccc(N(CC(=O)O)C(=O)c2cccc(CN)c2)c1.NC(=O)C1NC2C=CC=CC2S1. The summed E-state index contributed by atoms with van der Waals surface area (Å²) in [6.07, 6.45) is 9.17. The Hall–Kier alpha value is -3.45. The zero-order valence-electron chi connectivity index (χ0n) is 20.0. The van der Waals surface area contributed by atoms with Crippen molar-refractivity contribution in [2.75, 3.05) is 17.7 Å². The lowest BCUT2D eigenvalue weighted by Crippen LogP contribution is -2.38. The van der Waals surface area contributed by atoms with Gasteiger partial charge in [-0.3, -0.25) is 24.6 Å². The Kier molecular flexibility index (Phi) is 9.27. The second kappa shape index (κ2) is 12.2. The van der Waals surface area contributed by atoms with E-state index in [1.54, 1.807) is 36.0 Å². The Morgan fingerprint density at radius 1 is 1.08 bits per heavy atom. The number of nitrogens with two attached hydrogens (primary N) is 2. The summed E-state index contributed by atoms with van der Waals surface area (Å²) in [5.74, 6) is -2.05. The molecule has 2 aromatic rings. The molecule has 10 nitrogen and oxygen atoms in total. The third-order valence-corrected chi connectivity index (χ3v) is 8.00. The summed E-state index contributed by atoms with van der Waals surface area (Å²) in [7, 11) is -3.49. The molecule has 3 unspecified atom stereocenters. The van der Waals surface area contributed by atoms with Crippen LogP contribution in [0.25, 0.3) is 0 Å². The van der Waals surface area contributed by atoms with Gasteiger partial charge < -0.3 is 16.6 Å². The van der Waals surface area contributed by atoms with E-state index in [1.807, 2.05) is 12.2 Å². The van der Waals surface area contributed by atoms with Gasteiger partial charge in [-0.05, 0) is 35.9 Å². The van der Waals surface area contributed by atoms with Crippen LogP contribution >= 0.6 is 11.8 Å². The molecule has 37 heavy (non-hydrogen) atoms. The van der Waals surface area contributed by atoms with Crippen LogP contribution in [0.15, 0.2) is 77.7 Å². The van der Waals surface area contributed by atoms with Crippen LogP contribution in [0.1, 0.15) is 15.9 Å². The summed E-state index contributed by atoms with van der Waals surface area (Å²) in [5, 5.41) is 12.4. The van der Waals surface area contributed by atoms with E-state index < -0.39 is 28.3 Å². The molecule has 2 aromatic carbocycles. The molecular weight excluding hydrogens is 516 g/mol. The number of carboxylic acids is 1. The number of anilines is 1. The molecule has 0 spiro atoms. The summed E-state index contributed by atoms with van der Waals surface area (Å²) in [5.41, 5.74) is 11.9. The zero-order valence-corrected chi connectivity index (χ0v) is 21.6. The van der Waals surface area contributed by atoms with E-state index in [2.05, 4.69) is 17.5 Å². The van der Waals surface area contributed by atoms with Crippen LogP contribution < -0.4 is 21.7 Å². The lowest BCUT2D eigenvalue weighted by atomic mass is 10.1. The standard InChI is InChI=1S/C17H18N2O5S.C8H10N2OS/c1-25(23,24)15-7-3-6-14(9-15)19(11-16(20)21)17(22)13-5-2-4-12(8-13)10-18;9-7(11)8-10-5-3-1-2-4-6(5)12-8/h2-9H,10-11,18H2,1H3,(H,20,21);1-6,8,10H,(H2,9,11). The quantitative estimate of drug-likeness (QED) is 0.400. The number of hydrogen-bond donors (Lipinski definition) is 4. The first kappa shape index (κ1) is 28.1. The molecule has 1 saturated heterocycles. The van der Waals surface area contributed by atoms with Crippen molar-refractivity contribution in [2.45, 2.75) is 28.1 Å². The summed E-state index contributed by atoms with van der Waals surface area (Å²) >= 11 is 1.58. The normalized spacial score (nSPS) is 19.9. The van der Waals surface area contributed by atoms with Gasteiger partial charge >= 0.3 is 5.97 Å². The maximum Gasteiger partial charge on any atom is 0.323 e. The number of carbonyl (C=O) groups excluding carboxylic acids is 2. The van der Waals surface area contributed by atoms with Crippen LogP contribution in [0.3, 0.4) is 0 Å². The smallest absolute Gasteiger partial charge is 0.323 e. The van der Waals surface area contributed by atoms with Crippen molar-refractivity contribution in [3.63, 3.8) is 0 Å². The van der Waals surface area contributed by atoms with E-state index in [0.717, 1.165) is 16.7 Å². The van der Waals surface area contributed by atoms with Gasteiger partial charge in [0, 0.05) is 35.3 Å². The first-order valence-corrected chi connectivity index (χ1v) is 14.0. The predicted octanol–water partition coefficient (Wildman–Crippen LogP) is 1.28.